The Kier molecular flexibility index (Phi) is 6.33. The molecule has 4 unspecified atom stereocenters. The van der Waals surface area contributed by atoms with Crippen molar-refractivity contribution in [1.29, 1.82) is 0 Å². The average molecular weight is 310 g/mol. The Labute approximate surface area is 124 Å². The summed E-state index contributed by atoms with van der Waals surface area (Å²) in [5, 5.41) is 0. The highest BCUT2D eigenvalue weighted by Crippen LogP contribution is 2.43. The van der Waals surface area contributed by atoms with E-state index in [1.807, 2.05) is 0 Å². The molecule has 0 aromatic heterocycles. The molecule has 0 amide bonds. The van der Waals surface area contributed by atoms with Crippen LogP contribution < -0.4 is 0 Å². The fourth-order valence-electron chi connectivity index (χ4n) is 4.13. The zero-order valence-corrected chi connectivity index (χ0v) is 12.6. The lowest BCUT2D eigenvalue weighted by molar-refractivity contribution is -0.0721. The lowest BCUT2D eigenvalue weighted by Gasteiger charge is -2.41. The van der Waals surface area contributed by atoms with Gasteiger partial charge in [0.15, 0.2) is 6.17 Å². The molecule has 4 atom stereocenters. The van der Waals surface area contributed by atoms with Crippen LogP contribution in [0, 0.1) is 17.8 Å². The molecule has 2 saturated carbocycles. The van der Waals surface area contributed by atoms with Crippen molar-refractivity contribution in [1.82, 2.24) is 0 Å². The first-order valence-electron chi connectivity index (χ1n) is 8.12. The number of hydrogen-bond donors (Lipinski definition) is 0. The maximum absolute atomic E-state index is 14.3. The SMILES string of the molecule is COC1CCC(C2CCC(CCC(F)F)CC2)C(F)C1F. The van der Waals surface area contributed by atoms with Gasteiger partial charge < -0.3 is 4.74 Å². The summed E-state index contributed by atoms with van der Waals surface area (Å²) in [5.41, 5.74) is 0. The van der Waals surface area contributed by atoms with E-state index >= 15 is 0 Å². The van der Waals surface area contributed by atoms with Crippen molar-refractivity contribution >= 4 is 0 Å². The highest BCUT2D eigenvalue weighted by molar-refractivity contribution is 4.93. The van der Waals surface area contributed by atoms with Gasteiger partial charge in [0.05, 0.1) is 6.10 Å². The number of rotatable bonds is 5. The molecule has 0 spiro atoms. The molecule has 0 aromatic rings. The lowest BCUT2D eigenvalue weighted by Crippen LogP contribution is -2.45. The highest BCUT2D eigenvalue weighted by Gasteiger charge is 2.44. The Hall–Kier alpha value is -0.320. The number of ether oxygens (including phenoxy) is 1. The van der Waals surface area contributed by atoms with E-state index in [2.05, 4.69) is 0 Å². The van der Waals surface area contributed by atoms with Crippen molar-refractivity contribution in [3.63, 3.8) is 0 Å². The van der Waals surface area contributed by atoms with Gasteiger partial charge in [0, 0.05) is 13.5 Å². The van der Waals surface area contributed by atoms with Crippen molar-refractivity contribution in [3.05, 3.63) is 0 Å². The first-order chi connectivity index (χ1) is 10.0. The molecule has 2 rings (SSSR count). The first kappa shape index (κ1) is 17.0. The van der Waals surface area contributed by atoms with Gasteiger partial charge >= 0.3 is 0 Å². The Morgan fingerprint density at radius 3 is 2.19 bits per heavy atom. The van der Waals surface area contributed by atoms with E-state index in [0.29, 0.717) is 25.2 Å². The molecule has 0 aliphatic heterocycles. The predicted octanol–water partition coefficient (Wildman–Crippen LogP) is 4.94. The van der Waals surface area contributed by atoms with Gasteiger partial charge in [-0.1, -0.05) is 12.8 Å². The summed E-state index contributed by atoms with van der Waals surface area (Å²) in [6.45, 7) is 0. The summed E-state index contributed by atoms with van der Waals surface area (Å²) in [5.74, 6) is 0.325. The van der Waals surface area contributed by atoms with Gasteiger partial charge in [0.1, 0.15) is 6.17 Å². The van der Waals surface area contributed by atoms with E-state index in [9.17, 15) is 17.6 Å². The van der Waals surface area contributed by atoms with Gasteiger partial charge in [-0.2, -0.15) is 0 Å². The fourth-order valence-corrected chi connectivity index (χ4v) is 4.13. The summed E-state index contributed by atoms with van der Waals surface area (Å²) in [4.78, 5) is 0. The fraction of sp³-hybridized carbons (Fsp3) is 1.00. The first-order valence-corrected chi connectivity index (χ1v) is 8.12. The molecule has 2 aliphatic rings. The second-order valence-corrected chi connectivity index (χ2v) is 6.65. The van der Waals surface area contributed by atoms with Crippen LogP contribution in [-0.2, 0) is 4.74 Å². The molecular weight excluding hydrogens is 284 g/mol. The zero-order chi connectivity index (χ0) is 15.4. The minimum Gasteiger partial charge on any atom is -0.378 e. The van der Waals surface area contributed by atoms with Crippen molar-refractivity contribution in [2.24, 2.45) is 17.8 Å². The normalized spacial score (nSPS) is 41.4. The Balaban J connectivity index is 1.79. The summed E-state index contributed by atoms with van der Waals surface area (Å²) in [6, 6.07) is 0. The van der Waals surface area contributed by atoms with Gasteiger partial charge in [0.2, 0.25) is 6.43 Å². The molecule has 0 aromatic carbocycles. The highest BCUT2D eigenvalue weighted by atomic mass is 19.3. The molecular formula is C16H26F4O. The monoisotopic (exact) mass is 310 g/mol. The van der Waals surface area contributed by atoms with Gasteiger partial charge in [-0.15, -0.1) is 0 Å². The van der Waals surface area contributed by atoms with Crippen LogP contribution in [0.2, 0.25) is 0 Å². The van der Waals surface area contributed by atoms with Crippen LogP contribution in [0.25, 0.3) is 0 Å². The molecule has 0 radical (unpaired) electrons. The summed E-state index contributed by atoms with van der Waals surface area (Å²) in [6.07, 6.45) is -0.563. The lowest BCUT2D eigenvalue weighted by atomic mass is 9.69. The molecule has 1 nitrogen and oxygen atoms in total. The van der Waals surface area contributed by atoms with Gasteiger partial charge in [-0.25, -0.2) is 17.6 Å². The van der Waals surface area contributed by atoms with Crippen LogP contribution in [0.5, 0.6) is 0 Å². The van der Waals surface area contributed by atoms with E-state index in [1.54, 1.807) is 0 Å². The smallest absolute Gasteiger partial charge is 0.238 e. The third kappa shape index (κ3) is 4.33. The zero-order valence-electron chi connectivity index (χ0n) is 12.6. The van der Waals surface area contributed by atoms with Crippen LogP contribution in [0.15, 0.2) is 0 Å². The summed E-state index contributed by atoms with van der Waals surface area (Å²) in [7, 11) is 1.43. The van der Waals surface area contributed by atoms with Gasteiger partial charge in [0.25, 0.3) is 0 Å². The molecule has 5 heteroatoms. The van der Waals surface area contributed by atoms with Crippen LogP contribution in [0.4, 0.5) is 17.6 Å². The number of halogens is 4. The van der Waals surface area contributed by atoms with Crippen molar-refractivity contribution in [3.8, 4) is 0 Å². The largest absolute Gasteiger partial charge is 0.378 e. The number of methoxy groups -OCH3 is 1. The van der Waals surface area contributed by atoms with E-state index < -0.39 is 24.9 Å². The number of alkyl halides is 4. The second-order valence-electron chi connectivity index (χ2n) is 6.65. The Bertz CT molecular complexity index is 305. The average Bonchev–Trinajstić information content (AvgIpc) is 2.48. The van der Waals surface area contributed by atoms with Gasteiger partial charge in [-0.3, -0.25) is 0 Å². The summed E-state index contributed by atoms with van der Waals surface area (Å²) >= 11 is 0. The third-order valence-electron chi connectivity index (χ3n) is 5.45. The molecule has 2 fully saturated rings. The molecule has 0 heterocycles. The van der Waals surface area contributed by atoms with Crippen molar-refractivity contribution in [2.75, 3.05) is 7.11 Å². The van der Waals surface area contributed by atoms with Crippen molar-refractivity contribution < 1.29 is 22.3 Å². The van der Waals surface area contributed by atoms with E-state index in [-0.39, 0.29) is 18.3 Å². The molecule has 2 aliphatic carbocycles. The van der Waals surface area contributed by atoms with Crippen LogP contribution in [-0.4, -0.2) is 32.0 Å². The maximum atomic E-state index is 14.3. The van der Waals surface area contributed by atoms with Gasteiger partial charge in [-0.05, 0) is 49.9 Å². The molecule has 0 saturated heterocycles. The predicted molar refractivity (Wildman–Crippen MR) is 74.0 cm³/mol. The molecule has 0 bridgehead atoms. The van der Waals surface area contributed by atoms with E-state index in [1.165, 1.54) is 7.11 Å². The molecule has 21 heavy (non-hydrogen) atoms. The topological polar surface area (TPSA) is 9.23 Å². The minimum atomic E-state index is -2.23. The van der Waals surface area contributed by atoms with Crippen LogP contribution in [0.3, 0.4) is 0 Å². The molecule has 0 N–H and O–H groups in total. The minimum absolute atomic E-state index is 0.0351. The Morgan fingerprint density at radius 1 is 0.952 bits per heavy atom. The van der Waals surface area contributed by atoms with Crippen molar-refractivity contribution in [2.45, 2.75) is 76.2 Å². The Morgan fingerprint density at radius 2 is 1.62 bits per heavy atom. The second kappa shape index (κ2) is 7.80. The maximum Gasteiger partial charge on any atom is 0.238 e. The third-order valence-corrected chi connectivity index (χ3v) is 5.45. The van der Waals surface area contributed by atoms with E-state index in [4.69, 9.17) is 4.74 Å². The standard InChI is InChI=1S/C16H26F4O/c1-21-13-8-7-12(15(19)16(13)20)11-5-2-10(3-6-11)4-9-14(17)18/h10-16H,2-9H2,1H3. The van der Waals surface area contributed by atoms with Crippen LogP contribution in [0.1, 0.15) is 51.4 Å². The van der Waals surface area contributed by atoms with Crippen LogP contribution >= 0.6 is 0 Å². The summed E-state index contributed by atoms with van der Waals surface area (Å²) < 4.78 is 57.6. The number of hydrogen-bond acceptors (Lipinski definition) is 1. The molecule has 124 valence electrons. The quantitative estimate of drug-likeness (QED) is 0.654. The van der Waals surface area contributed by atoms with E-state index in [0.717, 1.165) is 25.7 Å².